The fourth-order valence-electron chi connectivity index (χ4n) is 1.58. The van der Waals surface area contributed by atoms with Crippen LogP contribution in [0.1, 0.15) is 19.3 Å². The molecule has 14 heavy (non-hydrogen) atoms. The second-order valence-corrected chi connectivity index (χ2v) is 6.02. The molecule has 0 aromatic heterocycles. The molecule has 1 aliphatic rings. The Morgan fingerprint density at radius 1 is 1.57 bits per heavy atom. The Labute approximate surface area is 92.8 Å². The summed E-state index contributed by atoms with van der Waals surface area (Å²) >= 11 is 3.83. The molecule has 0 saturated carbocycles. The standard InChI is InChI=1S/C9H18O3SSi/c10-8(7-13)11-5-6-14-9-3-1-2-4-12-9/h9,13H,1-7,14H2. The maximum atomic E-state index is 10.7. The second kappa shape index (κ2) is 7.31. The first-order valence-corrected chi connectivity index (χ1v) is 7.66. The maximum Gasteiger partial charge on any atom is 0.315 e. The Morgan fingerprint density at radius 3 is 3.07 bits per heavy atom. The van der Waals surface area contributed by atoms with E-state index in [0.717, 1.165) is 12.7 Å². The normalized spacial score (nSPS) is 22.8. The van der Waals surface area contributed by atoms with Crippen molar-refractivity contribution in [3.05, 3.63) is 0 Å². The highest BCUT2D eigenvalue weighted by molar-refractivity contribution is 7.81. The van der Waals surface area contributed by atoms with Crippen LogP contribution in [0.15, 0.2) is 0 Å². The van der Waals surface area contributed by atoms with E-state index in [9.17, 15) is 4.79 Å². The Balaban J connectivity index is 1.94. The molecule has 0 aromatic rings. The zero-order chi connectivity index (χ0) is 10.2. The van der Waals surface area contributed by atoms with Crippen molar-refractivity contribution in [2.75, 3.05) is 19.0 Å². The minimum absolute atomic E-state index is 0.182. The topological polar surface area (TPSA) is 35.5 Å². The SMILES string of the molecule is O=C(CS)OCC[SiH2]C1CCCCO1. The fourth-order valence-corrected chi connectivity index (χ4v) is 3.35. The summed E-state index contributed by atoms with van der Waals surface area (Å²) in [6.45, 7) is 1.49. The Bertz CT molecular complexity index is 171. The van der Waals surface area contributed by atoms with Crippen LogP contribution in [0.3, 0.4) is 0 Å². The molecular formula is C9H18O3SSi. The van der Waals surface area contributed by atoms with Crippen molar-refractivity contribution in [2.24, 2.45) is 0 Å². The predicted molar refractivity (Wildman–Crippen MR) is 61.8 cm³/mol. The molecule has 3 nitrogen and oxygen atoms in total. The predicted octanol–water partition coefficient (Wildman–Crippen LogP) is 0.573. The van der Waals surface area contributed by atoms with Gasteiger partial charge in [0.05, 0.1) is 21.9 Å². The van der Waals surface area contributed by atoms with Crippen LogP contribution in [0.2, 0.25) is 6.04 Å². The van der Waals surface area contributed by atoms with Crippen molar-refractivity contribution in [3.63, 3.8) is 0 Å². The lowest BCUT2D eigenvalue weighted by Crippen LogP contribution is -2.26. The van der Waals surface area contributed by atoms with E-state index < -0.39 is 0 Å². The molecule has 1 saturated heterocycles. The van der Waals surface area contributed by atoms with Crippen LogP contribution in [0.25, 0.3) is 0 Å². The van der Waals surface area contributed by atoms with E-state index in [1.807, 2.05) is 0 Å². The molecule has 0 aromatic carbocycles. The highest BCUT2D eigenvalue weighted by atomic mass is 32.1. The second-order valence-electron chi connectivity index (χ2n) is 3.51. The zero-order valence-corrected chi connectivity index (χ0v) is 10.7. The first-order valence-electron chi connectivity index (χ1n) is 5.21. The Kier molecular flexibility index (Phi) is 6.30. The van der Waals surface area contributed by atoms with E-state index in [4.69, 9.17) is 9.47 Å². The van der Waals surface area contributed by atoms with E-state index in [1.165, 1.54) is 19.3 Å². The molecule has 1 atom stereocenters. The average molecular weight is 234 g/mol. The molecule has 0 aliphatic carbocycles. The van der Waals surface area contributed by atoms with Gasteiger partial charge in [0.25, 0.3) is 0 Å². The minimum Gasteiger partial charge on any atom is -0.465 e. The molecule has 0 radical (unpaired) electrons. The molecule has 0 spiro atoms. The van der Waals surface area contributed by atoms with Gasteiger partial charge in [-0.1, -0.05) is 0 Å². The van der Waals surface area contributed by atoms with Gasteiger partial charge in [0.15, 0.2) is 0 Å². The maximum absolute atomic E-state index is 10.7. The lowest BCUT2D eigenvalue weighted by molar-refractivity contribution is -0.139. The first-order chi connectivity index (χ1) is 6.83. The van der Waals surface area contributed by atoms with Crippen molar-refractivity contribution in [1.29, 1.82) is 0 Å². The van der Waals surface area contributed by atoms with Gasteiger partial charge >= 0.3 is 5.97 Å². The highest BCUT2D eigenvalue weighted by Crippen LogP contribution is 2.12. The third kappa shape index (κ3) is 5.02. The van der Waals surface area contributed by atoms with E-state index in [0.29, 0.717) is 12.3 Å². The molecule has 0 N–H and O–H groups in total. The Hall–Kier alpha value is -0.00312. The van der Waals surface area contributed by atoms with Crippen molar-refractivity contribution in [1.82, 2.24) is 0 Å². The van der Waals surface area contributed by atoms with Crippen LogP contribution in [0, 0.1) is 0 Å². The van der Waals surface area contributed by atoms with E-state index in [-0.39, 0.29) is 21.2 Å². The largest absolute Gasteiger partial charge is 0.465 e. The fraction of sp³-hybridized carbons (Fsp3) is 0.889. The van der Waals surface area contributed by atoms with Gasteiger partial charge in [-0.3, -0.25) is 4.79 Å². The van der Waals surface area contributed by atoms with Gasteiger partial charge in [0.1, 0.15) is 0 Å². The van der Waals surface area contributed by atoms with E-state index in [2.05, 4.69) is 12.6 Å². The van der Waals surface area contributed by atoms with Crippen LogP contribution in [0.5, 0.6) is 0 Å². The molecule has 5 heteroatoms. The van der Waals surface area contributed by atoms with E-state index in [1.54, 1.807) is 0 Å². The van der Waals surface area contributed by atoms with Gasteiger partial charge in [-0.25, -0.2) is 0 Å². The summed E-state index contributed by atoms with van der Waals surface area (Å²) in [5, 5.41) is 0. The molecule has 1 fully saturated rings. The number of hydrogen-bond donors (Lipinski definition) is 1. The lowest BCUT2D eigenvalue weighted by Gasteiger charge is -2.21. The number of carbonyl (C=O) groups excluding carboxylic acids is 1. The van der Waals surface area contributed by atoms with Crippen LogP contribution in [0.4, 0.5) is 0 Å². The molecule has 1 heterocycles. The van der Waals surface area contributed by atoms with Gasteiger partial charge in [0.2, 0.25) is 0 Å². The third-order valence-electron chi connectivity index (χ3n) is 2.34. The monoisotopic (exact) mass is 234 g/mol. The number of ether oxygens (including phenoxy) is 2. The van der Waals surface area contributed by atoms with Crippen LogP contribution in [-0.4, -0.2) is 40.2 Å². The number of thiol groups is 1. The van der Waals surface area contributed by atoms with Gasteiger partial charge in [0, 0.05) is 12.3 Å². The van der Waals surface area contributed by atoms with Crippen molar-refractivity contribution >= 4 is 28.1 Å². The first kappa shape index (κ1) is 12.1. The minimum atomic E-state index is -0.216. The molecule has 1 rings (SSSR count). The lowest BCUT2D eigenvalue weighted by atomic mass is 10.2. The molecule has 0 amide bonds. The molecule has 0 bridgehead atoms. The van der Waals surface area contributed by atoms with Crippen LogP contribution >= 0.6 is 12.6 Å². The summed E-state index contributed by atoms with van der Waals surface area (Å²) in [5.74, 6) is -0.0338. The number of hydrogen-bond acceptors (Lipinski definition) is 4. The molecular weight excluding hydrogens is 216 g/mol. The van der Waals surface area contributed by atoms with Gasteiger partial charge in [-0.05, 0) is 25.3 Å². The van der Waals surface area contributed by atoms with Crippen molar-refractivity contribution < 1.29 is 14.3 Å². The number of rotatable bonds is 5. The van der Waals surface area contributed by atoms with Gasteiger partial charge in [-0.2, -0.15) is 12.6 Å². The summed E-state index contributed by atoms with van der Waals surface area (Å²) in [7, 11) is -0.209. The van der Waals surface area contributed by atoms with Crippen molar-refractivity contribution in [2.45, 2.75) is 31.0 Å². The van der Waals surface area contributed by atoms with Gasteiger partial charge in [-0.15, -0.1) is 0 Å². The summed E-state index contributed by atoms with van der Waals surface area (Å²) in [5.41, 5.74) is 0.526. The summed E-state index contributed by atoms with van der Waals surface area (Å²) in [6.07, 6.45) is 3.72. The Morgan fingerprint density at radius 2 is 2.43 bits per heavy atom. The molecule has 1 aliphatic heterocycles. The highest BCUT2D eigenvalue weighted by Gasteiger charge is 2.13. The summed E-state index contributed by atoms with van der Waals surface area (Å²) < 4.78 is 10.6. The molecule has 82 valence electrons. The van der Waals surface area contributed by atoms with Crippen LogP contribution < -0.4 is 0 Å². The number of carbonyl (C=O) groups is 1. The van der Waals surface area contributed by atoms with Gasteiger partial charge < -0.3 is 9.47 Å². The summed E-state index contributed by atoms with van der Waals surface area (Å²) in [6, 6.07) is 1.03. The molecule has 1 unspecified atom stereocenters. The number of esters is 1. The average Bonchev–Trinajstić information content (AvgIpc) is 2.25. The smallest absolute Gasteiger partial charge is 0.315 e. The van der Waals surface area contributed by atoms with Crippen LogP contribution in [-0.2, 0) is 14.3 Å². The van der Waals surface area contributed by atoms with E-state index >= 15 is 0 Å². The zero-order valence-electron chi connectivity index (χ0n) is 8.41. The van der Waals surface area contributed by atoms with Crippen molar-refractivity contribution in [3.8, 4) is 0 Å². The summed E-state index contributed by atoms with van der Waals surface area (Å²) in [4.78, 5) is 10.7. The third-order valence-corrected chi connectivity index (χ3v) is 4.58. The quantitative estimate of drug-likeness (QED) is 0.327.